The van der Waals surface area contributed by atoms with E-state index < -0.39 is 5.97 Å². The molecule has 0 saturated heterocycles. The van der Waals surface area contributed by atoms with Gasteiger partial charge in [-0.15, -0.1) is 0 Å². The van der Waals surface area contributed by atoms with Gasteiger partial charge in [0.05, 0.1) is 11.1 Å². The normalized spacial score (nSPS) is 9.88. The molecular weight excluding hydrogens is 240 g/mol. The fourth-order valence-electron chi connectivity index (χ4n) is 1.41. The van der Waals surface area contributed by atoms with Crippen LogP contribution in [0.4, 0.5) is 0 Å². The van der Waals surface area contributed by atoms with Crippen molar-refractivity contribution >= 4 is 28.5 Å². The summed E-state index contributed by atoms with van der Waals surface area (Å²) in [5.74, 6) is -0.525. The number of hydrogen-bond donors (Lipinski definition) is 0. The molecule has 0 saturated carbocycles. The highest BCUT2D eigenvalue weighted by molar-refractivity contribution is 6.29. The van der Waals surface area contributed by atoms with E-state index in [0.29, 0.717) is 16.2 Å². The second kappa shape index (κ2) is 4.81. The van der Waals surface area contributed by atoms with Crippen LogP contribution >= 0.6 is 11.6 Å². The maximum absolute atomic E-state index is 11.5. The molecule has 0 bridgehead atoms. The van der Waals surface area contributed by atoms with Crippen molar-refractivity contribution in [2.24, 2.45) is 0 Å². The zero-order chi connectivity index (χ0) is 12.3. The highest BCUT2D eigenvalue weighted by atomic mass is 35.5. The van der Waals surface area contributed by atoms with Gasteiger partial charge in [0.15, 0.2) is 6.61 Å². The number of ether oxygens (including phenoxy) is 1. The minimum absolute atomic E-state index is 0.254. The average molecular weight is 247 g/mol. The van der Waals surface area contributed by atoms with Crippen LogP contribution in [0.5, 0.6) is 0 Å². The van der Waals surface area contributed by atoms with Crippen LogP contribution in [0.15, 0.2) is 30.3 Å². The molecule has 0 spiro atoms. The first-order chi connectivity index (χ1) is 8.20. The largest absolute Gasteiger partial charge is 0.447 e. The number of halogens is 1. The number of fused-ring (bicyclic) bond motifs is 1. The molecule has 0 radical (unpaired) electrons. The van der Waals surface area contributed by atoms with E-state index in [1.807, 2.05) is 0 Å². The van der Waals surface area contributed by atoms with E-state index in [2.05, 4.69) is 4.98 Å². The van der Waals surface area contributed by atoms with Gasteiger partial charge in [0.25, 0.3) is 0 Å². The van der Waals surface area contributed by atoms with Crippen LogP contribution in [0.3, 0.4) is 0 Å². The van der Waals surface area contributed by atoms with Gasteiger partial charge < -0.3 is 4.74 Å². The molecule has 0 unspecified atom stereocenters. The number of hydrogen-bond acceptors (Lipinski definition) is 4. The first-order valence-corrected chi connectivity index (χ1v) is 5.19. The first-order valence-electron chi connectivity index (χ1n) is 4.81. The lowest BCUT2D eigenvalue weighted by Crippen LogP contribution is -2.05. The van der Waals surface area contributed by atoms with Crippen molar-refractivity contribution in [3.63, 3.8) is 0 Å². The maximum atomic E-state index is 11.5. The minimum Gasteiger partial charge on any atom is -0.447 e. The number of nitrogens with zero attached hydrogens (tertiary/aromatic N) is 2. The highest BCUT2D eigenvalue weighted by Crippen LogP contribution is 2.17. The van der Waals surface area contributed by atoms with Crippen LogP contribution < -0.4 is 0 Å². The van der Waals surface area contributed by atoms with Crippen LogP contribution in [-0.2, 0) is 4.74 Å². The van der Waals surface area contributed by atoms with Crippen molar-refractivity contribution < 1.29 is 9.53 Å². The lowest BCUT2D eigenvalue weighted by Gasteiger charge is -2.02. The molecule has 2 rings (SSSR count). The number of aromatic nitrogens is 1. The number of rotatable bonds is 2. The Bertz CT molecular complexity index is 619. The molecular formula is C12H7ClN2O2. The quantitative estimate of drug-likeness (QED) is 0.603. The summed E-state index contributed by atoms with van der Waals surface area (Å²) in [5.41, 5.74) is 1.09. The number of nitriles is 1. The molecule has 0 aliphatic heterocycles. The van der Waals surface area contributed by atoms with E-state index in [4.69, 9.17) is 21.6 Å². The molecule has 1 heterocycles. The Hall–Kier alpha value is -2.12. The smallest absolute Gasteiger partial charge is 0.339 e. The van der Waals surface area contributed by atoms with Crippen LogP contribution in [0.2, 0.25) is 5.15 Å². The van der Waals surface area contributed by atoms with Gasteiger partial charge in [-0.2, -0.15) is 5.26 Å². The molecule has 5 heteroatoms. The van der Waals surface area contributed by atoms with Crippen molar-refractivity contribution in [1.82, 2.24) is 4.98 Å². The summed E-state index contributed by atoms with van der Waals surface area (Å²) < 4.78 is 4.70. The molecule has 0 atom stereocenters. The summed E-state index contributed by atoms with van der Waals surface area (Å²) in [6.07, 6.45) is 0. The Morgan fingerprint density at radius 3 is 3.00 bits per heavy atom. The molecule has 1 aromatic heterocycles. The molecule has 0 fully saturated rings. The Kier molecular flexibility index (Phi) is 3.22. The van der Waals surface area contributed by atoms with Crippen LogP contribution in [-0.4, -0.2) is 17.6 Å². The van der Waals surface area contributed by atoms with Gasteiger partial charge in [-0.05, 0) is 30.3 Å². The van der Waals surface area contributed by atoms with Gasteiger partial charge in [0.2, 0.25) is 0 Å². The van der Waals surface area contributed by atoms with Gasteiger partial charge in [0, 0.05) is 5.39 Å². The molecule has 17 heavy (non-hydrogen) atoms. The number of esters is 1. The predicted molar refractivity (Wildman–Crippen MR) is 62.6 cm³/mol. The second-order valence-electron chi connectivity index (χ2n) is 3.28. The molecule has 0 aliphatic carbocycles. The zero-order valence-corrected chi connectivity index (χ0v) is 9.44. The average Bonchev–Trinajstić information content (AvgIpc) is 2.35. The summed E-state index contributed by atoms with van der Waals surface area (Å²) in [7, 11) is 0. The Morgan fingerprint density at radius 2 is 2.24 bits per heavy atom. The third-order valence-electron chi connectivity index (χ3n) is 2.16. The molecule has 1 aromatic carbocycles. The Balaban J connectivity index is 2.35. The molecule has 2 aromatic rings. The van der Waals surface area contributed by atoms with Crippen LogP contribution in [0.25, 0.3) is 10.9 Å². The number of carbonyl (C=O) groups is 1. The van der Waals surface area contributed by atoms with Gasteiger partial charge in [-0.3, -0.25) is 0 Å². The van der Waals surface area contributed by atoms with E-state index in [0.717, 1.165) is 5.39 Å². The monoisotopic (exact) mass is 246 g/mol. The van der Waals surface area contributed by atoms with Crippen LogP contribution in [0.1, 0.15) is 10.4 Å². The SMILES string of the molecule is N#CCOC(=O)c1ccc2nc(Cl)ccc2c1. The van der Waals surface area contributed by atoms with Crippen molar-refractivity contribution in [3.05, 3.63) is 41.0 Å². The standard InChI is InChI=1S/C12H7ClN2O2/c13-11-4-2-8-7-9(1-3-10(8)15-11)12(16)17-6-5-14/h1-4,7H,6H2. The third kappa shape index (κ3) is 2.52. The van der Waals surface area contributed by atoms with E-state index in [9.17, 15) is 4.79 Å². The summed E-state index contributed by atoms with van der Waals surface area (Å²) in [6.45, 7) is -0.254. The molecule has 0 N–H and O–H groups in total. The lowest BCUT2D eigenvalue weighted by molar-refractivity contribution is 0.0555. The first kappa shape index (κ1) is 11.4. The summed E-state index contributed by atoms with van der Waals surface area (Å²) in [6, 6.07) is 10.1. The maximum Gasteiger partial charge on any atom is 0.339 e. The Morgan fingerprint density at radius 1 is 1.41 bits per heavy atom. The van der Waals surface area contributed by atoms with E-state index in [1.54, 1.807) is 36.4 Å². The number of benzene rings is 1. The second-order valence-corrected chi connectivity index (χ2v) is 3.66. The fourth-order valence-corrected chi connectivity index (χ4v) is 1.56. The van der Waals surface area contributed by atoms with Crippen LogP contribution in [0, 0.1) is 11.3 Å². The molecule has 0 amide bonds. The molecule has 84 valence electrons. The summed E-state index contributed by atoms with van der Waals surface area (Å²) in [5, 5.41) is 9.51. The summed E-state index contributed by atoms with van der Waals surface area (Å²) >= 11 is 5.75. The van der Waals surface area contributed by atoms with Gasteiger partial charge in [0.1, 0.15) is 11.2 Å². The Labute approximate surface area is 102 Å². The lowest BCUT2D eigenvalue weighted by atomic mass is 10.1. The van der Waals surface area contributed by atoms with Crippen molar-refractivity contribution in [1.29, 1.82) is 5.26 Å². The number of pyridine rings is 1. The summed E-state index contributed by atoms with van der Waals surface area (Å²) in [4.78, 5) is 15.6. The van der Waals surface area contributed by atoms with Crippen molar-refractivity contribution in [3.8, 4) is 6.07 Å². The number of carbonyl (C=O) groups excluding carboxylic acids is 1. The molecule has 0 aliphatic rings. The zero-order valence-electron chi connectivity index (χ0n) is 8.68. The van der Waals surface area contributed by atoms with Gasteiger partial charge >= 0.3 is 5.97 Å². The van der Waals surface area contributed by atoms with E-state index in [-0.39, 0.29) is 6.61 Å². The third-order valence-corrected chi connectivity index (χ3v) is 2.37. The van der Waals surface area contributed by atoms with Gasteiger partial charge in [-0.25, -0.2) is 9.78 Å². The topological polar surface area (TPSA) is 63.0 Å². The predicted octanol–water partition coefficient (Wildman–Crippen LogP) is 2.57. The van der Waals surface area contributed by atoms with E-state index >= 15 is 0 Å². The minimum atomic E-state index is -0.525. The van der Waals surface area contributed by atoms with Crippen molar-refractivity contribution in [2.45, 2.75) is 0 Å². The molecule has 4 nitrogen and oxygen atoms in total. The van der Waals surface area contributed by atoms with Crippen molar-refractivity contribution in [2.75, 3.05) is 6.61 Å². The highest BCUT2D eigenvalue weighted by Gasteiger charge is 2.07. The fraction of sp³-hybridized carbons (Fsp3) is 0.0833. The van der Waals surface area contributed by atoms with E-state index in [1.165, 1.54) is 0 Å². The van der Waals surface area contributed by atoms with Gasteiger partial charge in [-0.1, -0.05) is 11.6 Å².